The van der Waals surface area contributed by atoms with E-state index in [1.807, 2.05) is 12.3 Å². The lowest BCUT2D eigenvalue weighted by atomic mass is 9.99. The highest BCUT2D eigenvalue weighted by Crippen LogP contribution is 2.25. The van der Waals surface area contributed by atoms with E-state index < -0.39 is 0 Å². The Kier molecular flexibility index (Phi) is 2.89. The van der Waals surface area contributed by atoms with Crippen LogP contribution in [0.2, 0.25) is 5.15 Å². The molecule has 1 fully saturated rings. The first-order valence-electron chi connectivity index (χ1n) is 4.91. The molecule has 1 aliphatic heterocycles. The van der Waals surface area contributed by atoms with Crippen LogP contribution in [0.15, 0.2) is 12.3 Å². The van der Waals surface area contributed by atoms with E-state index in [1.54, 1.807) is 0 Å². The molecule has 1 atom stereocenters. The van der Waals surface area contributed by atoms with Gasteiger partial charge in [-0.15, -0.1) is 0 Å². The fraction of sp³-hybridized carbons (Fsp3) is 0.500. The first kappa shape index (κ1) is 9.74. The van der Waals surface area contributed by atoms with E-state index in [0.29, 0.717) is 16.9 Å². The van der Waals surface area contributed by atoms with Crippen LogP contribution in [-0.4, -0.2) is 11.5 Å². The molecule has 1 aromatic heterocycles. The molecule has 4 heteroatoms. The zero-order valence-corrected chi connectivity index (χ0v) is 8.72. The highest BCUT2D eigenvalue weighted by atomic mass is 35.5. The van der Waals surface area contributed by atoms with Gasteiger partial charge in [-0.25, -0.2) is 4.98 Å². The summed E-state index contributed by atoms with van der Waals surface area (Å²) in [5.41, 5.74) is 7.42. The van der Waals surface area contributed by atoms with Gasteiger partial charge in [0.1, 0.15) is 0 Å². The van der Waals surface area contributed by atoms with Crippen molar-refractivity contribution in [1.29, 1.82) is 0 Å². The molecular formula is C10H14ClN3. The van der Waals surface area contributed by atoms with Gasteiger partial charge in [0.25, 0.3) is 0 Å². The second kappa shape index (κ2) is 4.15. The molecule has 1 saturated heterocycles. The van der Waals surface area contributed by atoms with Gasteiger partial charge in [-0.1, -0.05) is 18.0 Å². The van der Waals surface area contributed by atoms with Crippen LogP contribution in [0.3, 0.4) is 0 Å². The first-order valence-corrected chi connectivity index (χ1v) is 5.29. The van der Waals surface area contributed by atoms with Crippen molar-refractivity contribution in [2.75, 3.05) is 12.3 Å². The summed E-state index contributed by atoms with van der Waals surface area (Å²) in [6.07, 6.45) is 5.48. The van der Waals surface area contributed by atoms with Gasteiger partial charge in [-0.2, -0.15) is 0 Å². The molecule has 1 aromatic rings. The molecule has 0 amide bonds. The monoisotopic (exact) mass is 211 g/mol. The Morgan fingerprint density at radius 2 is 2.36 bits per heavy atom. The molecular weight excluding hydrogens is 198 g/mol. The molecule has 0 bridgehead atoms. The van der Waals surface area contributed by atoms with Crippen LogP contribution in [0.4, 0.5) is 5.69 Å². The number of halogens is 1. The summed E-state index contributed by atoms with van der Waals surface area (Å²) in [5, 5.41) is 3.84. The van der Waals surface area contributed by atoms with Crippen molar-refractivity contribution in [2.24, 2.45) is 0 Å². The smallest absolute Gasteiger partial charge is 0.151 e. The number of rotatable bonds is 1. The molecule has 14 heavy (non-hydrogen) atoms. The summed E-state index contributed by atoms with van der Waals surface area (Å²) in [7, 11) is 0. The SMILES string of the molecule is Nc1cc([C@H]2CCCCN2)cnc1Cl. The lowest BCUT2D eigenvalue weighted by Crippen LogP contribution is -2.26. The molecule has 0 radical (unpaired) electrons. The first-order chi connectivity index (χ1) is 6.77. The number of nitrogens with zero attached hydrogens (tertiary/aromatic N) is 1. The van der Waals surface area contributed by atoms with Gasteiger partial charge in [-0.05, 0) is 31.0 Å². The Bertz CT molecular complexity index is 321. The van der Waals surface area contributed by atoms with E-state index in [-0.39, 0.29) is 0 Å². The van der Waals surface area contributed by atoms with Crippen molar-refractivity contribution >= 4 is 17.3 Å². The summed E-state index contributed by atoms with van der Waals surface area (Å²) < 4.78 is 0. The molecule has 2 rings (SSSR count). The highest BCUT2D eigenvalue weighted by Gasteiger charge is 2.15. The van der Waals surface area contributed by atoms with Gasteiger partial charge < -0.3 is 11.1 Å². The Hall–Kier alpha value is -0.800. The van der Waals surface area contributed by atoms with Crippen molar-refractivity contribution in [2.45, 2.75) is 25.3 Å². The summed E-state index contributed by atoms with van der Waals surface area (Å²) in [6, 6.07) is 2.31. The van der Waals surface area contributed by atoms with E-state index in [0.717, 1.165) is 18.5 Å². The number of hydrogen-bond donors (Lipinski definition) is 2. The number of piperidine rings is 1. The standard InChI is InChI=1S/C10H14ClN3/c11-10-8(12)5-7(6-14-10)9-3-1-2-4-13-9/h5-6,9,13H,1-4,12H2/t9-/m1/s1. The quantitative estimate of drug-likeness (QED) is 0.700. The van der Waals surface area contributed by atoms with Crippen molar-refractivity contribution in [3.05, 3.63) is 23.0 Å². The van der Waals surface area contributed by atoms with Gasteiger partial charge in [-0.3, -0.25) is 0 Å². The summed E-state index contributed by atoms with van der Waals surface area (Å²) in [4.78, 5) is 4.05. The number of nitrogens with one attached hydrogen (secondary N) is 1. The molecule has 0 saturated carbocycles. The largest absolute Gasteiger partial charge is 0.396 e. The zero-order valence-electron chi connectivity index (χ0n) is 7.96. The molecule has 0 unspecified atom stereocenters. The van der Waals surface area contributed by atoms with Gasteiger partial charge in [0.05, 0.1) is 5.69 Å². The lowest BCUT2D eigenvalue weighted by Gasteiger charge is -2.23. The predicted octanol–water partition coefficient (Wildman–Crippen LogP) is 2.13. The van der Waals surface area contributed by atoms with Gasteiger partial charge in [0, 0.05) is 12.2 Å². The summed E-state index contributed by atoms with van der Waals surface area (Å²) in [6.45, 7) is 1.08. The van der Waals surface area contributed by atoms with E-state index in [2.05, 4.69) is 10.3 Å². The number of hydrogen-bond acceptors (Lipinski definition) is 3. The number of aromatic nitrogens is 1. The molecule has 1 aliphatic rings. The fourth-order valence-corrected chi connectivity index (χ4v) is 1.91. The van der Waals surface area contributed by atoms with Crippen molar-refractivity contribution in [1.82, 2.24) is 10.3 Å². The lowest BCUT2D eigenvalue weighted by molar-refractivity contribution is 0.412. The average molecular weight is 212 g/mol. The van der Waals surface area contributed by atoms with Gasteiger partial charge in [0.2, 0.25) is 0 Å². The maximum Gasteiger partial charge on any atom is 0.151 e. The van der Waals surface area contributed by atoms with Crippen LogP contribution >= 0.6 is 11.6 Å². The zero-order chi connectivity index (χ0) is 9.97. The molecule has 2 heterocycles. The fourth-order valence-electron chi connectivity index (χ4n) is 1.81. The molecule has 3 nitrogen and oxygen atoms in total. The van der Waals surface area contributed by atoms with Crippen LogP contribution in [0.5, 0.6) is 0 Å². The van der Waals surface area contributed by atoms with Crippen LogP contribution in [0.25, 0.3) is 0 Å². The van der Waals surface area contributed by atoms with E-state index >= 15 is 0 Å². The predicted molar refractivity (Wildman–Crippen MR) is 58.3 cm³/mol. The Morgan fingerprint density at radius 3 is 3.00 bits per heavy atom. The summed E-state index contributed by atoms with van der Waals surface area (Å²) in [5.74, 6) is 0. The third-order valence-electron chi connectivity index (χ3n) is 2.60. The normalized spacial score (nSPS) is 22.2. The van der Waals surface area contributed by atoms with Gasteiger partial charge >= 0.3 is 0 Å². The number of anilines is 1. The minimum Gasteiger partial charge on any atom is -0.396 e. The molecule has 76 valence electrons. The van der Waals surface area contributed by atoms with Crippen LogP contribution in [-0.2, 0) is 0 Å². The highest BCUT2D eigenvalue weighted by molar-refractivity contribution is 6.31. The van der Waals surface area contributed by atoms with Crippen LogP contribution < -0.4 is 11.1 Å². The average Bonchev–Trinajstić information content (AvgIpc) is 2.23. The number of nitrogen functional groups attached to an aromatic ring is 1. The molecule has 3 N–H and O–H groups in total. The van der Waals surface area contributed by atoms with E-state index in [9.17, 15) is 0 Å². The third kappa shape index (κ3) is 1.99. The van der Waals surface area contributed by atoms with Crippen LogP contribution in [0, 0.1) is 0 Å². The van der Waals surface area contributed by atoms with Gasteiger partial charge in [0.15, 0.2) is 5.15 Å². The van der Waals surface area contributed by atoms with Crippen molar-refractivity contribution in [3.8, 4) is 0 Å². The van der Waals surface area contributed by atoms with E-state index in [4.69, 9.17) is 17.3 Å². The summed E-state index contributed by atoms with van der Waals surface area (Å²) >= 11 is 5.76. The third-order valence-corrected chi connectivity index (χ3v) is 2.92. The Balaban J connectivity index is 2.18. The minimum absolute atomic E-state index is 0.393. The molecule has 0 aromatic carbocycles. The molecule has 0 spiro atoms. The maximum atomic E-state index is 5.76. The van der Waals surface area contributed by atoms with Crippen molar-refractivity contribution < 1.29 is 0 Å². The minimum atomic E-state index is 0.393. The maximum absolute atomic E-state index is 5.76. The number of pyridine rings is 1. The Labute approximate surface area is 88.7 Å². The molecule has 0 aliphatic carbocycles. The van der Waals surface area contributed by atoms with Crippen molar-refractivity contribution in [3.63, 3.8) is 0 Å². The Morgan fingerprint density at radius 1 is 1.50 bits per heavy atom. The van der Waals surface area contributed by atoms with Crippen LogP contribution in [0.1, 0.15) is 30.9 Å². The second-order valence-electron chi connectivity index (χ2n) is 3.65. The number of nitrogens with two attached hydrogens (primary N) is 1. The second-order valence-corrected chi connectivity index (χ2v) is 4.01. The topological polar surface area (TPSA) is 50.9 Å². The van der Waals surface area contributed by atoms with E-state index in [1.165, 1.54) is 12.8 Å².